The van der Waals surface area contributed by atoms with E-state index in [1.165, 1.54) is 12.1 Å². The Morgan fingerprint density at radius 2 is 1.96 bits per heavy atom. The molecule has 1 aromatic rings. The quantitative estimate of drug-likeness (QED) is 0.852. The third-order valence-corrected chi connectivity index (χ3v) is 5.03. The highest BCUT2D eigenvalue weighted by atomic mass is 19.1. The van der Waals surface area contributed by atoms with Gasteiger partial charge in [-0.3, -0.25) is 14.5 Å². The Morgan fingerprint density at radius 1 is 1.19 bits per heavy atom. The van der Waals surface area contributed by atoms with Gasteiger partial charge >= 0.3 is 0 Å². The molecule has 2 aliphatic rings. The van der Waals surface area contributed by atoms with Crippen molar-refractivity contribution in [3.05, 3.63) is 35.6 Å². The van der Waals surface area contributed by atoms with E-state index in [0.29, 0.717) is 32.8 Å². The monoisotopic (exact) mass is 363 g/mol. The van der Waals surface area contributed by atoms with Gasteiger partial charge in [0.1, 0.15) is 5.82 Å². The van der Waals surface area contributed by atoms with E-state index in [1.807, 2.05) is 4.90 Å². The van der Waals surface area contributed by atoms with E-state index in [4.69, 9.17) is 4.74 Å². The second-order valence-electron chi connectivity index (χ2n) is 6.82. The maximum Gasteiger partial charge on any atom is 0.254 e. The summed E-state index contributed by atoms with van der Waals surface area (Å²) >= 11 is 0. The molecule has 142 valence electrons. The molecule has 0 aliphatic carbocycles. The third kappa shape index (κ3) is 4.80. The maximum atomic E-state index is 13.6. The van der Waals surface area contributed by atoms with Gasteiger partial charge in [0.05, 0.1) is 18.1 Å². The molecular formula is C19H26FN3O3. The lowest BCUT2D eigenvalue weighted by atomic mass is 10.0. The Morgan fingerprint density at radius 3 is 2.65 bits per heavy atom. The highest BCUT2D eigenvalue weighted by Gasteiger charge is 2.28. The number of hydrogen-bond donors (Lipinski definition) is 1. The lowest BCUT2D eigenvalue weighted by Gasteiger charge is -2.37. The Hall–Kier alpha value is -1.99. The summed E-state index contributed by atoms with van der Waals surface area (Å²) in [5, 5.41) is 2.76. The molecule has 2 fully saturated rings. The molecule has 0 aromatic heterocycles. The zero-order valence-corrected chi connectivity index (χ0v) is 15.0. The number of rotatable bonds is 5. The zero-order valence-electron chi connectivity index (χ0n) is 15.0. The van der Waals surface area contributed by atoms with Crippen LogP contribution in [0.4, 0.5) is 4.39 Å². The summed E-state index contributed by atoms with van der Waals surface area (Å²) in [7, 11) is 0. The molecule has 0 spiro atoms. The molecule has 2 amide bonds. The van der Waals surface area contributed by atoms with E-state index in [0.717, 1.165) is 32.5 Å². The first-order chi connectivity index (χ1) is 12.6. The molecule has 0 radical (unpaired) electrons. The molecule has 2 heterocycles. The van der Waals surface area contributed by atoms with Crippen molar-refractivity contribution >= 4 is 11.8 Å². The Labute approximate surface area is 153 Å². The van der Waals surface area contributed by atoms with Crippen LogP contribution in [-0.2, 0) is 9.53 Å². The van der Waals surface area contributed by atoms with Crippen LogP contribution in [0.25, 0.3) is 0 Å². The van der Waals surface area contributed by atoms with Gasteiger partial charge in [-0.2, -0.15) is 0 Å². The van der Waals surface area contributed by atoms with Gasteiger partial charge in [0, 0.05) is 45.9 Å². The number of amides is 2. The number of carbonyl (C=O) groups is 2. The van der Waals surface area contributed by atoms with Crippen LogP contribution >= 0.6 is 0 Å². The van der Waals surface area contributed by atoms with E-state index in [2.05, 4.69) is 10.2 Å². The van der Waals surface area contributed by atoms with Crippen molar-refractivity contribution in [1.29, 1.82) is 0 Å². The van der Waals surface area contributed by atoms with Gasteiger partial charge in [-0.1, -0.05) is 12.1 Å². The second kappa shape index (κ2) is 9.09. The molecule has 0 saturated carbocycles. The van der Waals surface area contributed by atoms with Crippen LogP contribution in [0.3, 0.4) is 0 Å². The minimum Gasteiger partial charge on any atom is -0.381 e. The first-order valence-corrected chi connectivity index (χ1v) is 9.27. The summed E-state index contributed by atoms with van der Waals surface area (Å²) in [6, 6.07) is 5.96. The van der Waals surface area contributed by atoms with Gasteiger partial charge in [0.15, 0.2) is 0 Å². The Bertz CT molecular complexity index is 626. The van der Waals surface area contributed by atoms with Crippen molar-refractivity contribution in [3.63, 3.8) is 0 Å². The lowest BCUT2D eigenvalue weighted by molar-refractivity contribution is -0.141. The van der Waals surface area contributed by atoms with Crippen LogP contribution in [0, 0.1) is 11.7 Å². The van der Waals surface area contributed by atoms with E-state index in [1.54, 1.807) is 12.1 Å². The first kappa shape index (κ1) is 18.8. The summed E-state index contributed by atoms with van der Waals surface area (Å²) in [4.78, 5) is 28.6. The molecular weight excluding hydrogens is 337 g/mol. The standard InChI is InChI=1S/C19H26FN3O3/c20-17-6-2-1-5-16(17)18(24)21-7-8-22-9-11-23(12-10-22)19(25)15-4-3-13-26-14-15/h1-2,5-6,15H,3-4,7-14H2,(H,21,24). The number of hydrogen-bond acceptors (Lipinski definition) is 4. The van der Waals surface area contributed by atoms with Crippen LogP contribution in [0.2, 0.25) is 0 Å². The minimum absolute atomic E-state index is 0.00959. The van der Waals surface area contributed by atoms with Gasteiger partial charge in [-0.05, 0) is 25.0 Å². The predicted octanol–water partition coefficient (Wildman–Crippen LogP) is 1.13. The summed E-state index contributed by atoms with van der Waals surface area (Å²) in [6.07, 6.45) is 1.87. The smallest absolute Gasteiger partial charge is 0.254 e. The van der Waals surface area contributed by atoms with Gasteiger partial charge in [-0.15, -0.1) is 0 Å². The Balaban J connectivity index is 1.37. The van der Waals surface area contributed by atoms with Crippen LogP contribution in [-0.4, -0.2) is 74.1 Å². The van der Waals surface area contributed by atoms with Crippen LogP contribution < -0.4 is 5.32 Å². The van der Waals surface area contributed by atoms with E-state index in [-0.39, 0.29) is 17.4 Å². The lowest BCUT2D eigenvalue weighted by Crippen LogP contribution is -2.52. The number of nitrogens with zero attached hydrogens (tertiary/aromatic N) is 2. The molecule has 6 nitrogen and oxygen atoms in total. The molecule has 1 N–H and O–H groups in total. The van der Waals surface area contributed by atoms with Crippen molar-refractivity contribution < 1.29 is 18.7 Å². The first-order valence-electron chi connectivity index (χ1n) is 9.27. The average Bonchev–Trinajstić information content (AvgIpc) is 2.69. The molecule has 1 atom stereocenters. The minimum atomic E-state index is -0.510. The van der Waals surface area contributed by atoms with Gasteiger partial charge in [-0.25, -0.2) is 4.39 Å². The SMILES string of the molecule is O=C(NCCN1CCN(C(=O)C2CCCOC2)CC1)c1ccccc1F. The molecule has 26 heavy (non-hydrogen) atoms. The second-order valence-corrected chi connectivity index (χ2v) is 6.82. The molecule has 3 rings (SSSR count). The number of benzene rings is 1. The van der Waals surface area contributed by atoms with E-state index >= 15 is 0 Å². The van der Waals surface area contributed by atoms with Gasteiger partial charge in [0.25, 0.3) is 5.91 Å². The molecule has 1 unspecified atom stereocenters. The van der Waals surface area contributed by atoms with E-state index < -0.39 is 11.7 Å². The zero-order chi connectivity index (χ0) is 18.4. The van der Waals surface area contributed by atoms with E-state index in [9.17, 15) is 14.0 Å². The Kier molecular flexibility index (Phi) is 6.57. The van der Waals surface area contributed by atoms with Crippen molar-refractivity contribution in [2.45, 2.75) is 12.8 Å². The highest BCUT2D eigenvalue weighted by molar-refractivity contribution is 5.94. The number of halogens is 1. The molecule has 0 bridgehead atoms. The average molecular weight is 363 g/mol. The fourth-order valence-electron chi connectivity index (χ4n) is 3.45. The van der Waals surface area contributed by atoms with Gasteiger partial charge < -0.3 is 15.0 Å². The number of carbonyl (C=O) groups excluding carboxylic acids is 2. The molecule has 7 heteroatoms. The normalized spacial score (nSPS) is 21.4. The fraction of sp³-hybridized carbons (Fsp3) is 0.579. The van der Waals surface area contributed by atoms with Crippen molar-refractivity contribution in [3.8, 4) is 0 Å². The number of piperazine rings is 1. The van der Waals surface area contributed by atoms with Crippen molar-refractivity contribution in [1.82, 2.24) is 15.1 Å². The van der Waals surface area contributed by atoms with Crippen molar-refractivity contribution in [2.75, 3.05) is 52.5 Å². The van der Waals surface area contributed by atoms with Gasteiger partial charge in [0.2, 0.25) is 5.91 Å². The summed E-state index contributed by atoms with van der Waals surface area (Å²) < 4.78 is 19.0. The van der Waals surface area contributed by atoms with Crippen LogP contribution in [0.5, 0.6) is 0 Å². The highest BCUT2D eigenvalue weighted by Crippen LogP contribution is 2.17. The molecule has 2 aliphatic heterocycles. The van der Waals surface area contributed by atoms with Crippen molar-refractivity contribution in [2.24, 2.45) is 5.92 Å². The third-order valence-electron chi connectivity index (χ3n) is 5.03. The number of ether oxygens (including phenoxy) is 1. The largest absolute Gasteiger partial charge is 0.381 e. The maximum absolute atomic E-state index is 13.6. The predicted molar refractivity (Wildman–Crippen MR) is 95.3 cm³/mol. The summed E-state index contributed by atoms with van der Waals surface area (Å²) in [5.41, 5.74) is 0.0672. The van der Waals surface area contributed by atoms with Crippen LogP contribution in [0.15, 0.2) is 24.3 Å². The van der Waals surface area contributed by atoms with Crippen LogP contribution in [0.1, 0.15) is 23.2 Å². The summed E-state index contributed by atoms with van der Waals surface area (Å²) in [5.74, 6) is -0.689. The molecule has 2 saturated heterocycles. The topological polar surface area (TPSA) is 61.9 Å². The summed E-state index contributed by atoms with van der Waals surface area (Å²) in [6.45, 7) is 5.43. The molecule has 1 aromatic carbocycles. The fourth-order valence-corrected chi connectivity index (χ4v) is 3.45. The number of nitrogens with one attached hydrogen (secondary N) is 1.